The molecule has 0 radical (unpaired) electrons. The quantitative estimate of drug-likeness (QED) is 0.505. The maximum absolute atomic E-state index is 13.2. The molecule has 1 heterocycles. The predicted molar refractivity (Wildman–Crippen MR) is 127 cm³/mol. The molecule has 34 heavy (non-hydrogen) atoms. The van der Waals surface area contributed by atoms with Crippen molar-refractivity contribution in [2.45, 2.75) is 44.8 Å². The molecule has 0 bridgehead atoms. The standard InChI is InChI=1S/C26H29N3O5/c1-17(25(30)27-19-9-7-8-10-19)34-26(31)24-21(16-29(28-24)20-11-5-4-6-12-20)18-13-14-22(32-2)23(15-18)33-3/h4-6,11-17,19H,7-10H2,1-3H3,(H,27,30). The number of amides is 1. The molecule has 3 aromatic rings. The molecule has 1 atom stereocenters. The van der Waals surface area contributed by atoms with Crippen molar-refractivity contribution >= 4 is 11.9 Å². The number of benzene rings is 2. The zero-order valence-corrected chi connectivity index (χ0v) is 19.6. The molecule has 1 aliphatic carbocycles. The normalized spacial score (nSPS) is 14.4. The lowest BCUT2D eigenvalue weighted by molar-refractivity contribution is -0.129. The third-order valence-corrected chi connectivity index (χ3v) is 5.98. The van der Waals surface area contributed by atoms with E-state index in [-0.39, 0.29) is 17.6 Å². The van der Waals surface area contributed by atoms with Crippen LogP contribution in [0.2, 0.25) is 0 Å². The fourth-order valence-electron chi connectivity index (χ4n) is 4.11. The van der Waals surface area contributed by atoms with Crippen LogP contribution in [-0.4, -0.2) is 48.0 Å². The molecule has 1 aromatic heterocycles. The summed E-state index contributed by atoms with van der Waals surface area (Å²) < 4.78 is 17.9. The Kier molecular flexibility index (Phi) is 7.15. The van der Waals surface area contributed by atoms with Crippen molar-refractivity contribution in [1.82, 2.24) is 15.1 Å². The van der Waals surface area contributed by atoms with Gasteiger partial charge in [-0.05, 0) is 49.6 Å². The molecule has 0 saturated heterocycles. The fraction of sp³-hybridized carbons (Fsp3) is 0.346. The first-order valence-electron chi connectivity index (χ1n) is 11.4. The summed E-state index contributed by atoms with van der Waals surface area (Å²) >= 11 is 0. The highest BCUT2D eigenvalue weighted by molar-refractivity contribution is 5.97. The summed E-state index contributed by atoms with van der Waals surface area (Å²) in [6, 6.07) is 15.0. The topological polar surface area (TPSA) is 91.7 Å². The maximum Gasteiger partial charge on any atom is 0.360 e. The largest absolute Gasteiger partial charge is 0.493 e. The average Bonchev–Trinajstić information content (AvgIpc) is 3.54. The van der Waals surface area contributed by atoms with Gasteiger partial charge in [-0.25, -0.2) is 9.48 Å². The van der Waals surface area contributed by atoms with Gasteiger partial charge in [0.15, 0.2) is 23.3 Å². The third-order valence-electron chi connectivity index (χ3n) is 5.98. The first-order valence-corrected chi connectivity index (χ1v) is 11.4. The van der Waals surface area contributed by atoms with E-state index in [1.165, 1.54) is 0 Å². The SMILES string of the molecule is COc1ccc(-c2cn(-c3ccccc3)nc2C(=O)OC(C)C(=O)NC2CCCC2)cc1OC. The maximum atomic E-state index is 13.2. The van der Waals surface area contributed by atoms with Gasteiger partial charge in [0.05, 0.1) is 19.9 Å². The Balaban J connectivity index is 1.64. The number of carbonyl (C=O) groups is 2. The number of esters is 1. The van der Waals surface area contributed by atoms with Gasteiger partial charge in [-0.1, -0.05) is 37.1 Å². The molecule has 0 spiro atoms. The summed E-state index contributed by atoms with van der Waals surface area (Å²) in [5, 5.41) is 7.48. The van der Waals surface area contributed by atoms with E-state index in [1.807, 2.05) is 36.4 Å². The zero-order chi connectivity index (χ0) is 24.1. The summed E-state index contributed by atoms with van der Waals surface area (Å²) in [6.45, 7) is 1.58. The minimum Gasteiger partial charge on any atom is -0.493 e. The van der Waals surface area contributed by atoms with Gasteiger partial charge in [0.2, 0.25) is 0 Å². The Bertz CT molecular complexity index is 1150. The lowest BCUT2D eigenvalue weighted by Gasteiger charge is -2.17. The second-order valence-corrected chi connectivity index (χ2v) is 8.28. The number of methoxy groups -OCH3 is 2. The number of carbonyl (C=O) groups excluding carboxylic acids is 2. The highest BCUT2D eigenvalue weighted by atomic mass is 16.5. The number of aromatic nitrogens is 2. The molecule has 0 aliphatic heterocycles. The Morgan fingerprint density at radius 3 is 2.41 bits per heavy atom. The molecule has 1 aliphatic rings. The molecule has 1 unspecified atom stereocenters. The van der Waals surface area contributed by atoms with Gasteiger partial charge in [-0.2, -0.15) is 5.10 Å². The lowest BCUT2D eigenvalue weighted by atomic mass is 10.1. The summed E-state index contributed by atoms with van der Waals surface area (Å²) in [6.07, 6.45) is 4.94. The molecular formula is C26H29N3O5. The van der Waals surface area contributed by atoms with Gasteiger partial charge in [-0.15, -0.1) is 0 Å². The van der Waals surface area contributed by atoms with Crippen LogP contribution in [0.4, 0.5) is 0 Å². The van der Waals surface area contributed by atoms with E-state index in [0.717, 1.165) is 31.4 Å². The van der Waals surface area contributed by atoms with E-state index in [4.69, 9.17) is 14.2 Å². The molecule has 2 aromatic carbocycles. The van der Waals surface area contributed by atoms with Crippen LogP contribution in [0.5, 0.6) is 11.5 Å². The number of ether oxygens (including phenoxy) is 3. The zero-order valence-electron chi connectivity index (χ0n) is 19.6. The van der Waals surface area contributed by atoms with Gasteiger partial charge < -0.3 is 19.5 Å². The van der Waals surface area contributed by atoms with Gasteiger partial charge in [-0.3, -0.25) is 4.79 Å². The molecule has 178 valence electrons. The van der Waals surface area contributed by atoms with Crippen LogP contribution in [0.15, 0.2) is 54.7 Å². The second kappa shape index (κ2) is 10.4. The number of para-hydroxylation sites is 1. The van der Waals surface area contributed by atoms with Crippen LogP contribution in [0.1, 0.15) is 43.1 Å². The number of hydrogen-bond acceptors (Lipinski definition) is 6. The highest BCUT2D eigenvalue weighted by Gasteiger charge is 2.27. The van der Waals surface area contributed by atoms with Gasteiger partial charge in [0, 0.05) is 17.8 Å². The molecule has 8 nitrogen and oxygen atoms in total. The molecule has 1 amide bonds. The monoisotopic (exact) mass is 463 g/mol. The minimum absolute atomic E-state index is 0.108. The van der Waals surface area contributed by atoms with Gasteiger partial charge in [0.1, 0.15) is 0 Å². The summed E-state index contributed by atoms with van der Waals surface area (Å²) in [4.78, 5) is 25.7. The van der Waals surface area contributed by atoms with Crippen LogP contribution in [-0.2, 0) is 9.53 Å². The average molecular weight is 464 g/mol. The summed E-state index contributed by atoms with van der Waals surface area (Å²) in [7, 11) is 3.11. The van der Waals surface area contributed by atoms with Crippen molar-refractivity contribution in [3.8, 4) is 28.3 Å². The Labute approximate surface area is 198 Å². The minimum atomic E-state index is -0.937. The van der Waals surface area contributed by atoms with Gasteiger partial charge >= 0.3 is 5.97 Å². The second-order valence-electron chi connectivity index (χ2n) is 8.28. The van der Waals surface area contributed by atoms with E-state index >= 15 is 0 Å². The number of nitrogens with zero attached hydrogens (tertiary/aromatic N) is 2. The van der Waals surface area contributed by atoms with E-state index in [9.17, 15) is 9.59 Å². The van der Waals surface area contributed by atoms with Crippen LogP contribution >= 0.6 is 0 Å². The van der Waals surface area contributed by atoms with Crippen molar-refractivity contribution in [2.24, 2.45) is 0 Å². The van der Waals surface area contributed by atoms with E-state index in [0.29, 0.717) is 22.6 Å². The number of hydrogen-bond donors (Lipinski definition) is 1. The smallest absolute Gasteiger partial charge is 0.360 e. The molecular weight excluding hydrogens is 434 g/mol. The summed E-state index contributed by atoms with van der Waals surface area (Å²) in [5.74, 6) is 0.128. The van der Waals surface area contributed by atoms with Crippen LogP contribution in [0.25, 0.3) is 16.8 Å². The van der Waals surface area contributed by atoms with Crippen molar-refractivity contribution < 1.29 is 23.8 Å². The Morgan fingerprint density at radius 1 is 1.03 bits per heavy atom. The van der Waals surface area contributed by atoms with E-state index < -0.39 is 12.1 Å². The molecule has 1 N–H and O–H groups in total. The van der Waals surface area contributed by atoms with E-state index in [2.05, 4.69) is 10.4 Å². The first kappa shape index (κ1) is 23.4. The predicted octanol–water partition coefficient (Wildman–Crippen LogP) is 4.16. The van der Waals surface area contributed by atoms with Crippen molar-refractivity contribution in [1.29, 1.82) is 0 Å². The van der Waals surface area contributed by atoms with Crippen molar-refractivity contribution in [2.75, 3.05) is 14.2 Å². The Hall–Kier alpha value is -3.81. The highest BCUT2D eigenvalue weighted by Crippen LogP contribution is 2.34. The first-order chi connectivity index (χ1) is 16.5. The molecule has 4 rings (SSSR count). The van der Waals surface area contributed by atoms with Gasteiger partial charge in [0.25, 0.3) is 5.91 Å². The fourth-order valence-corrected chi connectivity index (χ4v) is 4.11. The number of rotatable bonds is 8. The molecule has 1 fully saturated rings. The Morgan fingerprint density at radius 2 is 1.74 bits per heavy atom. The number of nitrogens with one attached hydrogen (secondary N) is 1. The lowest BCUT2D eigenvalue weighted by Crippen LogP contribution is -2.40. The molecule has 1 saturated carbocycles. The van der Waals surface area contributed by atoms with Crippen LogP contribution in [0.3, 0.4) is 0 Å². The molecule has 8 heteroatoms. The third kappa shape index (κ3) is 5.06. The van der Waals surface area contributed by atoms with Crippen LogP contribution in [0, 0.1) is 0 Å². The summed E-state index contributed by atoms with van der Waals surface area (Å²) in [5.41, 5.74) is 2.15. The van der Waals surface area contributed by atoms with Crippen LogP contribution < -0.4 is 14.8 Å². The van der Waals surface area contributed by atoms with E-state index in [1.54, 1.807) is 44.2 Å². The van der Waals surface area contributed by atoms with Crippen molar-refractivity contribution in [3.05, 3.63) is 60.4 Å². The van der Waals surface area contributed by atoms with Crippen molar-refractivity contribution in [3.63, 3.8) is 0 Å².